The Kier molecular flexibility index (Phi) is 6.82. The molecule has 8 nitrogen and oxygen atoms in total. The van der Waals surface area contributed by atoms with E-state index in [-0.39, 0.29) is 22.4 Å². The lowest BCUT2D eigenvalue weighted by molar-refractivity contribution is -0.147. The topological polar surface area (TPSA) is 107 Å². The van der Waals surface area contributed by atoms with Crippen LogP contribution in [0.1, 0.15) is 43.5 Å². The van der Waals surface area contributed by atoms with Crippen LogP contribution in [-0.2, 0) is 32.3 Å². The molecule has 0 unspecified atom stereocenters. The standard InChI is InChI=1S/C20H24ClN3O5S/c1-3-4-10-29-20(26)16-9-8-15-17(21)23-18(19(25)24(15)16)22-12-13-6-5-7-14(11-13)30(2,27)28/h5-7,11,16H,3-4,8-10,12H2,1-2H3,(H,22,23)/t16-/m0/s1. The molecule has 30 heavy (non-hydrogen) atoms. The SMILES string of the molecule is CCCCOC(=O)[C@@H]1CCc2c(Cl)nc(NCc3cccc(S(C)(=O)=O)c3)c(=O)n21. The number of unbranched alkanes of at least 4 members (excludes halogenated alkanes) is 1. The van der Waals surface area contributed by atoms with Gasteiger partial charge in [0.15, 0.2) is 20.8 Å². The molecule has 1 atom stereocenters. The van der Waals surface area contributed by atoms with Gasteiger partial charge in [-0.05, 0) is 37.0 Å². The summed E-state index contributed by atoms with van der Waals surface area (Å²) in [5.74, 6) is -0.444. The van der Waals surface area contributed by atoms with Crippen molar-refractivity contribution in [3.05, 3.63) is 51.0 Å². The molecule has 162 valence electrons. The third-order valence-electron chi connectivity index (χ3n) is 4.93. The number of carbonyl (C=O) groups is 1. The molecule has 1 aliphatic heterocycles. The summed E-state index contributed by atoms with van der Waals surface area (Å²) in [7, 11) is -3.34. The maximum atomic E-state index is 13.0. The Hall–Kier alpha value is -2.39. The van der Waals surface area contributed by atoms with Gasteiger partial charge in [-0.2, -0.15) is 0 Å². The molecule has 1 aliphatic rings. The van der Waals surface area contributed by atoms with E-state index >= 15 is 0 Å². The lowest BCUT2D eigenvalue weighted by atomic mass is 10.2. The predicted molar refractivity (Wildman–Crippen MR) is 114 cm³/mol. The van der Waals surface area contributed by atoms with Gasteiger partial charge in [-0.25, -0.2) is 18.2 Å². The largest absolute Gasteiger partial charge is 0.464 e. The quantitative estimate of drug-likeness (QED) is 0.483. The zero-order valence-corrected chi connectivity index (χ0v) is 18.4. The van der Waals surface area contributed by atoms with Crippen LogP contribution in [0.2, 0.25) is 5.15 Å². The van der Waals surface area contributed by atoms with Gasteiger partial charge in [-0.1, -0.05) is 37.1 Å². The van der Waals surface area contributed by atoms with Gasteiger partial charge < -0.3 is 10.1 Å². The van der Waals surface area contributed by atoms with Crippen LogP contribution >= 0.6 is 11.6 Å². The third-order valence-corrected chi connectivity index (χ3v) is 6.34. The molecule has 2 aromatic rings. The number of carbonyl (C=O) groups excluding carboxylic acids is 1. The Bertz CT molecular complexity index is 1110. The summed E-state index contributed by atoms with van der Waals surface area (Å²) >= 11 is 6.27. The van der Waals surface area contributed by atoms with Crippen LogP contribution in [0, 0.1) is 0 Å². The van der Waals surface area contributed by atoms with E-state index in [9.17, 15) is 18.0 Å². The van der Waals surface area contributed by atoms with Crippen LogP contribution in [0.5, 0.6) is 0 Å². The fraction of sp³-hybridized carbons (Fsp3) is 0.450. The van der Waals surface area contributed by atoms with Crippen LogP contribution in [0.25, 0.3) is 0 Å². The number of ether oxygens (including phenoxy) is 1. The fourth-order valence-electron chi connectivity index (χ4n) is 3.33. The molecule has 1 N–H and O–H groups in total. The highest BCUT2D eigenvalue weighted by Gasteiger charge is 2.33. The minimum Gasteiger partial charge on any atom is -0.464 e. The highest BCUT2D eigenvalue weighted by molar-refractivity contribution is 7.90. The summed E-state index contributed by atoms with van der Waals surface area (Å²) in [6.45, 7) is 2.49. The molecule has 2 heterocycles. The van der Waals surface area contributed by atoms with Gasteiger partial charge in [0.1, 0.15) is 6.04 Å². The van der Waals surface area contributed by atoms with Crippen molar-refractivity contribution in [2.24, 2.45) is 0 Å². The summed E-state index contributed by atoms with van der Waals surface area (Å²) < 4.78 is 30.1. The Labute approximate surface area is 180 Å². The lowest BCUT2D eigenvalue weighted by Gasteiger charge is -2.16. The van der Waals surface area contributed by atoms with Gasteiger partial charge >= 0.3 is 5.97 Å². The molecule has 1 aromatic heterocycles. The van der Waals surface area contributed by atoms with Gasteiger partial charge in [0.05, 0.1) is 17.2 Å². The maximum Gasteiger partial charge on any atom is 0.329 e. The van der Waals surface area contributed by atoms with Crippen molar-refractivity contribution in [1.29, 1.82) is 0 Å². The van der Waals surface area contributed by atoms with Crippen LogP contribution in [0.3, 0.4) is 0 Å². The van der Waals surface area contributed by atoms with Crippen LogP contribution in [0.15, 0.2) is 34.0 Å². The first-order chi connectivity index (χ1) is 14.2. The number of rotatable bonds is 8. The second-order valence-electron chi connectivity index (χ2n) is 7.22. The number of esters is 1. The summed E-state index contributed by atoms with van der Waals surface area (Å²) in [5.41, 5.74) is 0.726. The van der Waals surface area contributed by atoms with Crippen molar-refractivity contribution in [3.8, 4) is 0 Å². The second kappa shape index (κ2) is 9.18. The van der Waals surface area contributed by atoms with E-state index in [2.05, 4.69) is 10.3 Å². The van der Waals surface area contributed by atoms with E-state index in [4.69, 9.17) is 16.3 Å². The Morgan fingerprint density at radius 1 is 1.40 bits per heavy atom. The average Bonchev–Trinajstić information content (AvgIpc) is 3.15. The van der Waals surface area contributed by atoms with Gasteiger partial charge in [0.2, 0.25) is 0 Å². The minimum absolute atomic E-state index is 0.00164. The predicted octanol–water partition coefficient (Wildman–Crippen LogP) is 2.74. The summed E-state index contributed by atoms with van der Waals surface area (Å²) in [4.78, 5) is 29.8. The molecule has 0 radical (unpaired) electrons. The Balaban J connectivity index is 1.83. The molecule has 0 fully saturated rings. The summed E-state index contributed by atoms with van der Waals surface area (Å²) in [6.07, 6.45) is 3.69. The number of halogens is 1. The number of hydrogen-bond acceptors (Lipinski definition) is 7. The van der Waals surface area contributed by atoms with Gasteiger partial charge in [-0.3, -0.25) is 9.36 Å². The zero-order chi connectivity index (χ0) is 21.9. The molecule has 10 heteroatoms. The van der Waals surface area contributed by atoms with Gasteiger partial charge in [0.25, 0.3) is 5.56 Å². The van der Waals surface area contributed by atoms with E-state index in [1.165, 1.54) is 16.7 Å². The molecule has 0 amide bonds. The van der Waals surface area contributed by atoms with Crippen molar-refractivity contribution in [1.82, 2.24) is 9.55 Å². The van der Waals surface area contributed by atoms with E-state index in [0.717, 1.165) is 19.1 Å². The number of hydrogen-bond donors (Lipinski definition) is 1. The van der Waals surface area contributed by atoms with Crippen LogP contribution in [-0.4, -0.2) is 36.8 Å². The summed E-state index contributed by atoms with van der Waals surface area (Å²) in [6, 6.07) is 5.68. The maximum absolute atomic E-state index is 13.0. The fourth-order valence-corrected chi connectivity index (χ4v) is 4.29. The second-order valence-corrected chi connectivity index (χ2v) is 9.60. The third kappa shape index (κ3) is 4.84. The van der Waals surface area contributed by atoms with Gasteiger partial charge in [0, 0.05) is 12.8 Å². The average molecular weight is 454 g/mol. The van der Waals surface area contributed by atoms with Crippen molar-refractivity contribution >= 4 is 33.2 Å². The summed E-state index contributed by atoms with van der Waals surface area (Å²) in [5, 5.41) is 3.07. The van der Waals surface area contributed by atoms with Crippen molar-refractivity contribution in [2.45, 2.75) is 50.1 Å². The number of fused-ring (bicyclic) bond motifs is 1. The Morgan fingerprint density at radius 2 is 2.17 bits per heavy atom. The highest BCUT2D eigenvalue weighted by Crippen LogP contribution is 2.29. The molecule has 0 saturated heterocycles. The monoisotopic (exact) mass is 453 g/mol. The number of anilines is 1. The number of aromatic nitrogens is 2. The zero-order valence-electron chi connectivity index (χ0n) is 16.9. The van der Waals surface area contributed by atoms with E-state index < -0.39 is 27.4 Å². The number of nitrogens with one attached hydrogen (secondary N) is 1. The molecule has 3 rings (SSSR count). The molecular weight excluding hydrogens is 430 g/mol. The first kappa shape index (κ1) is 22.3. The molecule has 0 spiro atoms. The molecule has 0 saturated carbocycles. The molecule has 0 bridgehead atoms. The number of sulfone groups is 1. The Morgan fingerprint density at radius 3 is 2.87 bits per heavy atom. The minimum atomic E-state index is -3.34. The van der Waals surface area contributed by atoms with Crippen molar-refractivity contribution in [3.63, 3.8) is 0 Å². The van der Waals surface area contributed by atoms with E-state index in [0.29, 0.717) is 30.7 Å². The van der Waals surface area contributed by atoms with Crippen molar-refractivity contribution in [2.75, 3.05) is 18.2 Å². The van der Waals surface area contributed by atoms with Crippen molar-refractivity contribution < 1.29 is 17.9 Å². The first-order valence-corrected chi connectivity index (χ1v) is 12.0. The highest BCUT2D eigenvalue weighted by atomic mass is 35.5. The smallest absolute Gasteiger partial charge is 0.329 e. The molecular formula is C20H24ClN3O5S. The molecule has 1 aromatic carbocycles. The number of benzene rings is 1. The van der Waals surface area contributed by atoms with Crippen LogP contribution < -0.4 is 10.9 Å². The van der Waals surface area contributed by atoms with Gasteiger partial charge in [-0.15, -0.1) is 0 Å². The molecule has 0 aliphatic carbocycles. The normalized spacial score (nSPS) is 15.6. The number of nitrogens with zero attached hydrogens (tertiary/aromatic N) is 2. The van der Waals surface area contributed by atoms with E-state index in [1.807, 2.05) is 6.92 Å². The van der Waals surface area contributed by atoms with Crippen LogP contribution in [0.4, 0.5) is 5.82 Å². The first-order valence-electron chi connectivity index (χ1n) is 9.72. The lowest BCUT2D eigenvalue weighted by Crippen LogP contribution is -2.31. The van der Waals surface area contributed by atoms with E-state index in [1.54, 1.807) is 12.1 Å².